The Morgan fingerprint density at radius 1 is 1.43 bits per heavy atom. The van der Waals surface area contributed by atoms with Crippen molar-refractivity contribution < 1.29 is 4.79 Å². The second-order valence-electron chi connectivity index (χ2n) is 5.47. The number of rotatable bonds is 3. The fraction of sp³-hybridized carbons (Fsp3) is 0.438. The molecule has 1 aliphatic heterocycles. The molecule has 0 spiro atoms. The molecule has 1 N–H and O–H groups in total. The number of nitrogens with one attached hydrogen (secondary N) is 1. The lowest BCUT2D eigenvalue weighted by atomic mass is 9.98. The number of nitrogens with zero attached hydrogens (tertiary/aromatic N) is 1. The van der Waals surface area contributed by atoms with Crippen LogP contribution in [0, 0.1) is 5.92 Å². The van der Waals surface area contributed by atoms with E-state index in [0.29, 0.717) is 5.92 Å². The number of piperidine rings is 1. The number of carbonyl (C=O) groups is 1. The van der Waals surface area contributed by atoms with E-state index >= 15 is 0 Å². The van der Waals surface area contributed by atoms with Crippen molar-refractivity contribution in [3.63, 3.8) is 0 Å². The predicted molar refractivity (Wildman–Crippen MR) is 91.6 cm³/mol. The van der Waals surface area contributed by atoms with Crippen LogP contribution in [0.2, 0.25) is 0 Å². The molecule has 1 saturated heterocycles. The molecule has 114 valence electrons. The van der Waals surface area contributed by atoms with E-state index in [2.05, 4.69) is 17.4 Å². The topological polar surface area (TPSA) is 32.3 Å². The minimum atomic E-state index is 0. The highest BCUT2D eigenvalue weighted by Crippen LogP contribution is 2.27. The maximum atomic E-state index is 12.6. The second kappa shape index (κ2) is 7.25. The number of halogens is 1. The third-order valence-corrected chi connectivity index (χ3v) is 5.04. The number of hydrogen-bond acceptors (Lipinski definition) is 3. The number of benzene rings is 1. The highest BCUT2D eigenvalue weighted by molar-refractivity contribution is 7.20. The van der Waals surface area contributed by atoms with Gasteiger partial charge in [-0.25, -0.2) is 0 Å². The van der Waals surface area contributed by atoms with Crippen molar-refractivity contribution >= 4 is 39.7 Å². The Bertz CT molecular complexity index is 578. The van der Waals surface area contributed by atoms with Crippen molar-refractivity contribution in [2.24, 2.45) is 5.92 Å². The maximum Gasteiger partial charge on any atom is 0.263 e. The van der Waals surface area contributed by atoms with Crippen LogP contribution in [0.5, 0.6) is 0 Å². The summed E-state index contributed by atoms with van der Waals surface area (Å²) in [5.74, 6) is 0.791. The summed E-state index contributed by atoms with van der Waals surface area (Å²) in [7, 11) is 1.98. The van der Waals surface area contributed by atoms with Crippen molar-refractivity contribution in [2.45, 2.75) is 12.8 Å². The molecule has 0 saturated carbocycles. The number of carbonyl (C=O) groups excluding carboxylic acids is 1. The van der Waals surface area contributed by atoms with E-state index in [4.69, 9.17) is 0 Å². The molecule has 0 radical (unpaired) electrons. The summed E-state index contributed by atoms with van der Waals surface area (Å²) in [5, 5.41) is 4.39. The summed E-state index contributed by atoms with van der Waals surface area (Å²) in [6.07, 6.45) is 2.33. The summed E-state index contributed by atoms with van der Waals surface area (Å²) in [6.45, 7) is 2.78. The molecule has 3 rings (SSSR count). The smallest absolute Gasteiger partial charge is 0.263 e. The number of likely N-dealkylation sites (tertiary alicyclic amines) is 1. The van der Waals surface area contributed by atoms with Gasteiger partial charge in [-0.1, -0.05) is 18.2 Å². The first kappa shape index (κ1) is 16.3. The molecule has 0 bridgehead atoms. The van der Waals surface area contributed by atoms with E-state index in [9.17, 15) is 4.79 Å². The Morgan fingerprint density at radius 2 is 2.24 bits per heavy atom. The highest BCUT2D eigenvalue weighted by atomic mass is 35.5. The van der Waals surface area contributed by atoms with Crippen LogP contribution in [0.1, 0.15) is 22.5 Å². The molecule has 2 aromatic rings. The molecule has 1 fully saturated rings. The first-order valence-corrected chi connectivity index (χ1v) is 8.02. The summed E-state index contributed by atoms with van der Waals surface area (Å²) >= 11 is 1.61. The molecular formula is C16H21ClN2OS. The van der Waals surface area contributed by atoms with E-state index in [1.54, 1.807) is 11.3 Å². The van der Waals surface area contributed by atoms with Gasteiger partial charge in [0.2, 0.25) is 0 Å². The van der Waals surface area contributed by atoms with Crippen LogP contribution in [0.3, 0.4) is 0 Å². The van der Waals surface area contributed by atoms with E-state index < -0.39 is 0 Å². The number of fused-ring (bicyclic) bond motifs is 1. The Morgan fingerprint density at radius 3 is 3.00 bits per heavy atom. The average molecular weight is 325 g/mol. The van der Waals surface area contributed by atoms with E-state index in [1.807, 2.05) is 30.1 Å². The van der Waals surface area contributed by atoms with Crippen LogP contribution in [-0.4, -0.2) is 37.5 Å². The molecule has 1 aromatic carbocycles. The lowest BCUT2D eigenvalue weighted by molar-refractivity contribution is 0.0679. The molecule has 3 nitrogen and oxygen atoms in total. The molecule has 1 aliphatic rings. The van der Waals surface area contributed by atoms with Crippen molar-refractivity contribution in [1.82, 2.24) is 10.2 Å². The first-order chi connectivity index (χ1) is 9.78. The zero-order valence-corrected chi connectivity index (χ0v) is 13.8. The molecule has 1 amide bonds. The van der Waals surface area contributed by atoms with Crippen molar-refractivity contribution in [3.05, 3.63) is 35.2 Å². The van der Waals surface area contributed by atoms with Gasteiger partial charge >= 0.3 is 0 Å². The molecule has 1 unspecified atom stereocenters. The third-order valence-electron chi connectivity index (χ3n) is 3.94. The summed E-state index contributed by atoms with van der Waals surface area (Å²) in [6, 6.07) is 10.2. The highest BCUT2D eigenvalue weighted by Gasteiger charge is 2.25. The maximum absolute atomic E-state index is 12.6. The van der Waals surface area contributed by atoms with Gasteiger partial charge in [-0.3, -0.25) is 4.79 Å². The fourth-order valence-corrected chi connectivity index (χ4v) is 3.98. The number of hydrogen-bond donors (Lipinski definition) is 1. The van der Waals surface area contributed by atoms with Crippen LogP contribution in [-0.2, 0) is 0 Å². The zero-order valence-electron chi connectivity index (χ0n) is 12.2. The van der Waals surface area contributed by atoms with E-state index in [-0.39, 0.29) is 18.3 Å². The summed E-state index contributed by atoms with van der Waals surface area (Å²) in [5.41, 5.74) is 0. The van der Waals surface area contributed by atoms with Gasteiger partial charge in [0.25, 0.3) is 5.91 Å². The minimum Gasteiger partial charge on any atom is -0.338 e. The quantitative estimate of drug-likeness (QED) is 0.938. The van der Waals surface area contributed by atoms with Gasteiger partial charge in [0.1, 0.15) is 0 Å². The Kier molecular flexibility index (Phi) is 5.62. The van der Waals surface area contributed by atoms with Crippen LogP contribution in [0.4, 0.5) is 0 Å². The summed E-state index contributed by atoms with van der Waals surface area (Å²) < 4.78 is 1.19. The normalized spacial score (nSPS) is 18.5. The first-order valence-electron chi connectivity index (χ1n) is 7.20. The molecular weight excluding hydrogens is 304 g/mol. The van der Waals surface area contributed by atoms with Crippen LogP contribution < -0.4 is 5.32 Å². The molecule has 1 atom stereocenters. The van der Waals surface area contributed by atoms with Crippen LogP contribution >= 0.6 is 23.7 Å². The van der Waals surface area contributed by atoms with Gasteiger partial charge < -0.3 is 10.2 Å². The summed E-state index contributed by atoms with van der Waals surface area (Å²) in [4.78, 5) is 15.5. The third kappa shape index (κ3) is 3.57. The van der Waals surface area contributed by atoms with Gasteiger partial charge in [0, 0.05) is 17.8 Å². The van der Waals surface area contributed by atoms with Gasteiger partial charge in [-0.15, -0.1) is 23.7 Å². The van der Waals surface area contributed by atoms with Crippen molar-refractivity contribution in [3.8, 4) is 0 Å². The molecule has 5 heteroatoms. The van der Waals surface area contributed by atoms with Crippen LogP contribution in [0.25, 0.3) is 10.1 Å². The lowest BCUT2D eigenvalue weighted by Crippen LogP contribution is -2.42. The molecule has 2 heterocycles. The Labute approximate surface area is 135 Å². The average Bonchev–Trinajstić information content (AvgIpc) is 2.91. The zero-order chi connectivity index (χ0) is 13.9. The van der Waals surface area contributed by atoms with Gasteiger partial charge in [-0.2, -0.15) is 0 Å². The molecule has 1 aromatic heterocycles. The van der Waals surface area contributed by atoms with Crippen LogP contribution in [0.15, 0.2) is 30.3 Å². The van der Waals surface area contributed by atoms with Gasteiger partial charge in [0.15, 0.2) is 0 Å². The number of amides is 1. The van der Waals surface area contributed by atoms with Gasteiger partial charge in [-0.05, 0) is 49.9 Å². The Balaban J connectivity index is 0.00000161. The largest absolute Gasteiger partial charge is 0.338 e. The van der Waals surface area contributed by atoms with Gasteiger partial charge in [0.05, 0.1) is 4.88 Å². The van der Waals surface area contributed by atoms with E-state index in [1.165, 1.54) is 16.5 Å². The monoisotopic (exact) mass is 324 g/mol. The predicted octanol–water partition coefficient (Wildman–Crippen LogP) is 3.39. The fourth-order valence-electron chi connectivity index (χ4n) is 2.95. The van der Waals surface area contributed by atoms with Crippen molar-refractivity contribution in [2.75, 3.05) is 26.7 Å². The molecule has 0 aliphatic carbocycles. The van der Waals surface area contributed by atoms with Crippen molar-refractivity contribution in [1.29, 1.82) is 0 Å². The number of thiophene rings is 1. The molecule has 21 heavy (non-hydrogen) atoms. The standard InChI is InChI=1S/C16H20N2OS.ClH/c1-17-10-12-5-4-8-18(11-12)16(19)15-9-13-6-2-3-7-14(13)20-15;/h2-3,6-7,9,12,17H,4-5,8,10-11H2,1H3;1H. The Hall–Kier alpha value is -1.10. The lowest BCUT2D eigenvalue weighted by Gasteiger charge is -2.32. The second-order valence-corrected chi connectivity index (χ2v) is 6.55. The SMILES string of the molecule is CNCC1CCCN(C(=O)c2cc3ccccc3s2)C1.Cl. The minimum absolute atomic E-state index is 0. The van der Waals surface area contributed by atoms with E-state index in [0.717, 1.165) is 30.9 Å².